The predicted molar refractivity (Wildman–Crippen MR) is 42.1 cm³/mol. The first-order chi connectivity index (χ1) is 5.25. The molecule has 0 aliphatic heterocycles. The molecular weight excluding hydrogens is 138 g/mol. The van der Waals surface area contributed by atoms with Gasteiger partial charge in [-0.15, -0.1) is 0 Å². The van der Waals surface area contributed by atoms with Crippen molar-refractivity contribution < 1.29 is 4.42 Å². The maximum absolute atomic E-state index is 5.55. The van der Waals surface area contributed by atoms with Crippen LogP contribution < -0.4 is 0 Å². The van der Waals surface area contributed by atoms with Crippen LogP contribution in [0.4, 0.5) is 0 Å². The molecule has 0 fully saturated rings. The van der Waals surface area contributed by atoms with Crippen LogP contribution >= 0.6 is 0 Å². The van der Waals surface area contributed by atoms with Gasteiger partial charge in [0, 0.05) is 6.92 Å². The van der Waals surface area contributed by atoms with Crippen LogP contribution in [0.15, 0.2) is 22.6 Å². The number of benzene rings is 1. The number of aryl methyl sites for hydroxylation is 1. The summed E-state index contributed by atoms with van der Waals surface area (Å²) in [7, 11) is 0. The number of hydrogen-bond donors (Lipinski definition) is 0. The Labute approximate surface area is 64.9 Å². The average molecular weight is 145 g/mol. The maximum atomic E-state index is 5.55. The van der Waals surface area contributed by atoms with E-state index in [2.05, 4.69) is 4.98 Å². The molecule has 2 nitrogen and oxygen atoms in total. The van der Waals surface area contributed by atoms with Crippen molar-refractivity contribution in [2.45, 2.75) is 6.92 Å². The van der Waals surface area contributed by atoms with E-state index < -0.39 is 0 Å². The van der Waals surface area contributed by atoms with Gasteiger partial charge in [0.2, 0.25) is 0 Å². The summed E-state index contributed by atoms with van der Waals surface area (Å²) >= 11 is 0. The van der Waals surface area contributed by atoms with Crippen molar-refractivity contribution in [3.05, 3.63) is 36.6 Å². The Kier molecular flexibility index (Phi) is 1.22. The van der Waals surface area contributed by atoms with Crippen molar-refractivity contribution in [1.29, 1.82) is 0 Å². The molecule has 0 spiro atoms. The van der Waals surface area contributed by atoms with Crippen molar-refractivity contribution in [3.63, 3.8) is 0 Å². The Hall–Kier alpha value is -1.31. The minimum absolute atomic E-state index is 0.672. The van der Waals surface area contributed by atoms with Crippen LogP contribution in [0, 0.1) is 13.8 Å². The Morgan fingerprint density at radius 3 is 3.09 bits per heavy atom. The van der Waals surface area contributed by atoms with Crippen molar-refractivity contribution in [2.24, 2.45) is 0 Å². The van der Waals surface area contributed by atoms with Crippen LogP contribution in [-0.2, 0) is 0 Å². The second-order valence-corrected chi connectivity index (χ2v) is 2.46. The minimum Gasteiger partial charge on any atom is -0.441 e. The molecule has 1 heterocycles. The lowest BCUT2D eigenvalue weighted by Gasteiger charge is -1.87. The van der Waals surface area contributed by atoms with E-state index in [9.17, 15) is 0 Å². The van der Waals surface area contributed by atoms with Crippen LogP contribution in [0.1, 0.15) is 11.5 Å². The van der Waals surface area contributed by atoms with E-state index in [0.717, 1.165) is 11.1 Å². The van der Waals surface area contributed by atoms with Gasteiger partial charge in [-0.1, -0.05) is 6.07 Å². The van der Waals surface area contributed by atoms with Crippen LogP contribution in [-0.4, -0.2) is 4.98 Å². The molecule has 0 N–H and O–H groups in total. The van der Waals surface area contributed by atoms with Gasteiger partial charge in [0.15, 0.2) is 11.5 Å². The Morgan fingerprint density at radius 2 is 2.27 bits per heavy atom. The lowest BCUT2D eigenvalue weighted by atomic mass is 10.2. The molecule has 2 aromatic rings. The van der Waals surface area contributed by atoms with E-state index in [1.54, 1.807) is 12.1 Å². The molecule has 54 valence electrons. The molecule has 0 saturated carbocycles. The van der Waals surface area contributed by atoms with E-state index in [1.165, 1.54) is 0 Å². The smallest absolute Gasteiger partial charge is 0.192 e. The third kappa shape index (κ3) is 1.00. The van der Waals surface area contributed by atoms with E-state index in [0.29, 0.717) is 11.5 Å². The molecule has 0 aliphatic rings. The monoisotopic (exact) mass is 145 g/mol. The summed E-state index contributed by atoms with van der Waals surface area (Å²) in [6, 6.07) is 5.42. The van der Waals surface area contributed by atoms with Crippen LogP contribution in [0.25, 0.3) is 11.1 Å². The highest BCUT2D eigenvalue weighted by atomic mass is 16.3. The fourth-order valence-electron chi connectivity index (χ4n) is 1.06. The number of fused-ring (bicyclic) bond motifs is 1. The van der Waals surface area contributed by atoms with E-state index in [1.807, 2.05) is 13.0 Å². The zero-order chi connectivity index (χ0) is 7.84. The molecule has 0 unspecified atom stereocenters. The maximum Gasteiger partial charge on any atom is 0.192 e. The van der Waals surface area contributed by atoms with Gasteiger partial charge in [0.1, 0.15) is 5.52 Å². The first-order valence-electron chi connectivity index (χ1n) is 3.38. The van der Waals surface area contributed by atoms with Gasteiger partial charge in [-0.05, 0) is 24.6 Å². The molecule has 0 atom stereocenters. The third-order valence-corrected chi connectivity index (χ3v) is 1.52. The highest BCUT2D eigenvalue weighted by Crippen LogP contribution is 2.15. The zero-order valence-corrected chi connectivity index (χ0v) is 6.16. The molecule has 2 radical (unpaired) electrons. The quantitative estimate of drug-likeness (QED) is 0.568. The Morgan fingerprint density at radius 1 is 1.45 bits per heavy atom. The fourth-order valence-corrected chi connectivity index (χ4v) is 1.06. The summed E-state index contributed by atoms with van der Waals surface area (Å²) in [5.41, 5.74) is 2.32. The van der Waals surface area contributed by atoms with Crippen molar-refractivity contribution in [3.8, 4) is 0 Å². The van der Waals surface area contributed by atoms with Gasteiger partial charge < -0.3 is 4.42 Å². The molecule has 0 aliphatic carbocycles. The molecule has 11 heavy (non-hydrogen) atoms. The van der Waals surface area contributed by atoms with E-state index in [4.69, 9.17) is 11.3 Å². The van der Waals surface area contributed by atoms with Crippen LogP contribution in [0.5, 0.6) is 0 Å². The first kappa shape index (κ1) is 6.40. The lowest BCUT2D eigenvalue weighted by Crippen LogP contribution is -1.71. The molecule has 2 rings (SSSR count). The van der Waals surface area contributed by atoms with Crippen molar-refractivity contribution in [1.82, 2.24) is 4.98 Å². The SMILES string of the molecule is [CH]c1ccc2oc(C)nc2c1. The Balaban J connectivity index is 2.82. The van der Waals surface area contributed by atoms with Crippen molar-refractivity contribution in [2.75, 3.05) is 0 Å². The summed E-state index contributed by atoms with van der Waals surface area (Å²) in [6.07, 6.45) is 0. The van der Waals surface area contributed by atoms with Gasteiger partial charge in [0.05, 0.1) is 0 Å². The second kappa shape index (κ2) is 2.09. The summed E-state index contributed by atoms with van der Waals surface area (Å²) in [5.74, 6) is 0.672. The fraction of sp³-hybridized carbons (Fsp3) is 0.111. The van der Waals surface area contributed by atoms with Crippen LogP contribution in [0.3, 0.4) is 0 Å². The molecular formula is C9H7NO. The van der Waals surface area contributed by atoms with Crippen LogP contribution in [0.2, 0.25) is 0 Å². The molecule has 0 bridgehead atoms. The highest BCUT2D eigenvalue weighted by molar-refractivity contribution is 5.73. The molecule has 1 aromatic heterocycles. The average Bonchev–Trinajstić information content (AvgIpc) is 2.27. The summed E-state index contributed by atoms with van der Waals surface area (Å²) in [4.78, 5) is 4.13. The van der Waals surface area contributed by atoms with E-state index in [-0.39, 0.29) is 0 Å². The number of hydrogen-bond acceptors (Lipinski definition) is 2. The second-order valence-electron chi connectivity index (χ2n) is 2.46. The normalized spacial score (nSPS) is 10.7. The summed E-state index contributed by atoms with van der Waals surface area (Å²) in [6.45, 7) is 7.37. The largest absolute Gasteiger partial charge is 0.441 e. The number of aromatic nitrogens is 1. The van der Waals surface area contributed by atoms with Gasteiger partial charge in [-0.3, -0.25) is 0 Å². The molecule has 2 heteroatoms. The summed E-state index contributed by atoms with van der Waals surface area (Å²) < 4.78 is 5.26. The third-order valence-electron chi connectivity index (χ3n) is 1.52. The van der Waals surface area contributed by atoms with Gasteiger partial charge in [-0.25, -0.2) is 4.98 Å². The zero-order valence-electron chi connectivity index (χ0n) is 6.16. The van der Waals surface area contributed by atoms with Gasteiger partial charge in [-0.2, -0.15) is 0 Å². The predicted octanol–water partition coefficient (Wildman–Crippen LogP) is 2.20. The minimum atomic E-state index is 0.672. The lowest BCUT2D eigenvalue weighted by molar-refractivity contribution is 0.561. The van der Waals surface area contributed by atoms with E-state index >= 15 is 0 Å². The Bertz CT molecular complexity index is 389. The highest BCUT2D eigenvalue weighted by Gasteiger charge is 1.99. The number of nitrogens with zero attached hydrogens (tertiary/aromatic N) is 1. The van der Waals surface area contributed by atoms with Gasteiger partial charge in [0.25, 0.3) is 0 Å². The summed E-state index contributed by atoms with van der Waals surface area (Å²) in [5, 5.41) is 0. The molecule has 0 saturated heterocycles. The topological polar surface area (TPSA) is 26.0 Å². The first-order valence-corrected chi connectivity index (χ1v) is 3.38. The number of oxazole rings is 1. The number of rotatable bonds is 0. The molecule has 0 amide bonds. The molecule has 1 aromatic carbocycles. The van der Waals surface area contributed by atoms with Crippen molar-refractivity contribution >= 4 is 11.1 Å². The van der Waals surface area contributed by atoms with Gasteiger partial charge >= 0.3 is 0 Å². The standard InChI is InChI=1S/C9H7NO/c1-6-3-4-9-8(5-6)10-7(2)11-9/h1,3-5H,2H3.